The minimum Gasteiger partial charge on any atom is -0.366 e. The van der Waals surface area contributed by atoms with E-state index in [2.05, 4.69) is 0 Å². The molecule has 4 heteroatoms. The van der Waals surface area contributed by atoms with E-state index in [-0.39, 0.29) is 5.56 Å². The molecule has 15 heavy (non-hydrogen) atoms. The second-order valence-electron chi connectivity index (χ2n) is 3.22. The van der Waals surface area contributed by atoms with Crippen molar-refractivity contribution in [3.63, 3.8) is 0 Å². The number of rotatable bonds is 1. The fourth-order valence-corrected chi connectivity index (χ4v) is 1.12. The predicted octanol–water partition coefficient (Wildman–Crippen LogP) is 2.38. The summed E-state index contributed by atoms with van der Waals surface area (Å²) in [5.41, 5.74) is -2.76. The number of terminal acetylenes is 1. The van der Waals surface area contributed by atoms with Gasteiger partial charge in [-0.3, -0.25) is 0 Å². The maximum Gasteiger partial charge on any atom is 0.433 e. The third-order valence-electron chi connectivity index (χ3n) is 2.09. The Morgan fingerprint density at radius 3 is 2.00 bits per heavy atom. The number of hydrogen-bond acceptors (Lipinski definition) is 1. The van der Waals surface area contributed by atoms with Crippen molar-refractivity contribution in [3.05, 3.63) is 35.4 Å². The molecule has 0 aliphatic carbocycles. The maximum absolute atomic E-state index is 12.5. The van der Waals surface area contributed by atoms with Gasteiger partial charge < -0.3 is 5.11 Å². The van der Waals surface area contributed by atoms with Gasteiger partial charge in [-0.05, 0) is 6.92 Å². The van der Waals surface area contributed by atoms with Crippen LogP contribution in [-0.2, 0) is 5.60 Å². The van der Waals surface area contributed by atoms with Crippen molar-refractivity contribution in [2.75, 3.05) is 0 Å². The topological polar surface area (TPSA) is 20.2 Å². The quantitative estimate of drug-likeness (QED) is 0.711. The third kappa shape index (κ3) is 1.97. The van der Waals surface area contributed by atoms with E-state index < -0.39 is 11.8 Å². The summed E-state index contributed by atoms with van der Waals surface area (Å²) in [5, 5.41) is 9.36. The molecule has 1 atom stereocenters. The SMILES string of the molecule is C#CC(O)(c1ccc(C)cc1)C(F)(F)F. The molecule has 0 radical (unpaired) electrons. The van der Waals surface area contributed by atoms with E-state index in [0.717, 1.165) is 5.56 Å². The molecule has 1 unspecified atom stereocenters. The van der Waals surface area contributed by atoms with Crippen molar-refractivity contribution in [1.29, 1.82) is 0 Å². The summed E-state index contributed by atoms with van der Waals surface area (Å²) in [5.74, 6) is 1.38. The van der Waals surface area contributed by atoms with Crippen molar-refractivity contribution in [1.82, 2.24) is 0 Å². The molecule has 1 N–H and O–H groups in total. The minimum atomic E-state index is -4.88. The lowest BCUT2D eigenvalue weighted by atomic mass is 9.93. The number of halogens is 3. The van der Waals surface area contributed by atoms with Gasteiger partial charge in [0.1, 0.15) is 0 Å². The zero-order chi connectivity index (χ0) is 11.7. The first-order chi connectivity index (χ1) is 6.81. The lowest BCUT2D eigenvalue weighted by Gasteiger charge is -2.25. The van der Waals surface area contributed by atoms with Gasteiger partial charge in [0.05, 0.1) is 0 Å². The number of hydrogen-bond donors (Lipinski definition) is 1. The van der Waals surface area contributed by atoms with E-state index in [4.69, 9.17) is 6.42 Å². The first kappa shape index (κ1) is 11.6. The highest BCUT2D eigenvalue weighted by molar-refractivity contribution is 5.34. The maximum atomic E-state index is 12.5. The Bertz CT molecular complexity index is 386. The van der Waals surface area contributed by atoms with Crippen LogP contribution in [0.1, 0.15) is 11.1 Å². The Hall–Kier alpha value is -1.47. The number of benzene rings is 1. The fraction of sp³-hybridized carbons (Fsp3) is 0.273. The summed E-state index contributed by atoms with van der Waals surface area (Å²) in [7, 11) is 0. The van der Waals surface area contributed by atoms with Crippen LogP contribution in [0.25, 0.3) is 0 Å². The van der Waals surface area contributed by atoms with Gasteiger partial charge in [0.2, 0.25) is 5.60 Å². The van der Waals surface area contributed by atoms with E-state index in [1.807, 2.05) is 0 Å². The van der Waals surface area contributed by atoms with Gasteiger partial charge >= 0.3 is 6.18 Å². The first-order valence-electron chi connectivity index (χ1n) is 4.15. The number of aryl methyl sites for hydroxylation is 1. The molecule has 0 aliphatic heterocycles. The predicted molar refractivity (Wildman–Crippen MR) is 50.0 cm³/mol. The van der Waals surface area contributed by atoms with Crippen LogP contribution in [0, 0.1) is 19.3 Å². The summed E-state index contributed by atoms with van der Waals surface area (Å²) < 4.78 is 37.5. The number of alkyl halides is 3. The molecule has 0 saturated heterocycles. The molecule has 0 spiro atoms. The fourth-order valence-electron chi connectivity index (χ4n) is 1.12. The third-order valence-corrected chi connectivity index (χ3v) is 2.09. The molecule has 0 aromatic heterocycles. The van der Waals surface area contributed by atoms with E-state index in [1.54, 1.807) is 6.92 Å². The van der Waals surface area contributed by atoms with Crippen molar-refractivity contribution in [2.24, 2.45) is 0 Å². The Morgan fingerprint density at radius 2 is 1.67 bits per heavy atom. The molecule has 0 heterocycles. The van der Waals surface area contributed by atoms with Crippen LogP contribution in [-0.4, -0.2) is 11.3 Å². The van der Waals surface area contributed by atoms with Crippen LogP contribution in [0.5, 0.6) is 0 Å². The highest BCUT2D eigenvalue weighted by atomic mass is 19.4. The first-order valence-corrected chi connectivity index (χ1v) is 4.15. The normalized spacial score (nSPS) is 15.5. The smallest absolute Gasteiger partial charge is 0.366 e. The molecule has 0 amide bonds. The second-order valence-corrected chi connectivity index (χ2v) is 3.22. The highest BCUT2D eigenvalue weighted by Gasteiger charge is 2.54. The van der Waals surface area contributed by atoms with Crippen LogP contribution in [0.3, 0.4) is 0 Å². The van der Waals surface area contributed by atoms with Crippen LogP contribution >= 0.6 is 0 Å². The molecule has 0 bridgehead atoms. The largest absolute Gasteiger partial charge is 0.433 e. The van der Waals surface area contributed by atoms with E-state index in [9.17, 15) is 18.3 Å². The molecule has 0 fully saturated rings. The number of aliphatic hydroxyl groups is 1. The van der Waals surface area contributed by atoms with Crippen molar-refractivity contribution >= 4 is 0 Å². The van der Waals surface area contributed by atoms with Gasteiger partial charge in [0.25, 0.3) is 0 Å². The zero-order valence-corrected chi connectivity index (χ0v) is 7.97. The van der Waals surface area contributed by atoms with E-state index in [1.165, 1.54) is 30.2 Å². The lowest BCUT2D eigenvalue weighted by Crippen LogP contribution is -2.40. The summed E-state index contributed by atoms with van der Waals surface area (Å²) in [6, 6.07) is 5.26. The van der Waals surface area contributed by atoms with Crippen molar-refractivity contribution in [2.45, 2.75) is 18.7 Å². The van der Waals surface area contributed by atoms with E-state index >= 15 is 0 Å². The molecule has 1 aromatic carbocycles. The highest BCUT2D eigenvalue weighted by Crippen LogP contribution is 2.38. The van der Waals surface area contributed by atoms with Gasteiger partial charge in [0.15, 0.2) is 0 Å². The van der Waals surface area contributed by atoms with Gasteiger partial charge in [-0.15, -0.1) is 6.42 Å². The molecule has 0 aliphatic rings. The average Bonchev–Trinajstić information content (AvgIpc) is 2.16. The van der Waals surface area contributed by atoms with Crippen molar-refractivity contribution < 1.29 is 18.3 Å². The van der Waals surface area contributed by atoms with Crippen LogP contribution in [0.15, 0.2) is 24.3 Å². The molecule has 0 saturated carbocycles. The van der Waals surface area contributed by atoms with Gasteiger partial charge in [-0.2, -0.15) is 13.2 Å². The zero-order valence-electron chi connectivity index (χ0n) is 7.97. The molecule has 1 nitrogen and oxygen atoms in total. The van der Waals surface area contributed by atoms with Crippen LogP contribution < -0.4 is 0 Å². The second kappa shape index (κ2) is 3.59. The summed E-state index contributed by atoms with van der Waals surface area (Å²) in [6.45, 7) is 1.73. The molecule has 1 rings (SSSR count). The van der Waals surface area contributed by atoms with Crippen LogP contribution in [0.2, 0.25) is 0 Å². The van der Waals surface area contributed by atoms with Gasteiger partial charge in [-0.1, -0.05) is 35.7 Å². The van der Waals surface area contributed by atoms with E-state index in [0.29, 0.717) is 0 Å². The van der Waals surface area contributed by atoms with Crippen LogP contribution in [0.4, 0.5) is 13.2 Å². The molecule has 80 valence electrons. The Kier molecular flexibility index (Phi) is 2.78. The molecular weight excluding hydrogens is 205 g/mol. The Balaban J connectivity index is 3.26. The van der Waals surface area contributed by atoms with Gasteiger partial charge in [-0.25, -0.2) is 0 Å². The molecule has 1 aromatic rings. The van der Waals surface area contributed by atoms with Gasteiger partial charge in [0, 0.05) is 5.56 Å². The summed E-state index contributed by atoms with van der Waals surface area (Å²) in [4.78, 5) is 0. The monoisotopic (exact) mass is 214 g/mol. The summed E-state index contributed by atoms with van der Waals surface area (Å²) >= 11 is 0. The molecular formula is C11H9F3O. The summed E-state index contributed by atoms with van der Waals surface area (Å²) in [6.07, 6.45) is -0.135. The Labute approximate surface area is 85.5 Å². The standard InChI is InChI=1S/C11H9F3O/c1-3-10(15,11(12,13)14)9-6-4-8(2)5-7-9/h1,4-7,15H,2H3. The average molecular weight is 214 g/mol. The lowest BCUT2D eigenvalue weighted by molar-refractivity contribution is -0.240. The minimum absolute atomic E-state index is 0.344. The Morgan fingerprint density at radius 1 is 1.20 bits per heavy atom. The van der Waals surface area contributed by atoms with Crippen molar-refractivity contribution in [3.8, 4) is 12.3 Å².